The predicted octanol–water partition coefficient (Wildman–Crippen LogP) is 2.50. The Morgan fingerprint density at radius 3 is 2.81 bits per heavy atom. The van der Waals surface area contributed by atoms with Gasteiger partial charge in [-0.2, -0.15) is 0 Å². The van der Waals surface area contributed by atoms with E-state index in [9.17, 15) is 4.79 Å². The van der Waals surface area contributed by atoms with E-state index in [2.05, 4.69) is 0 Å². The Bertz CT molecular complexity index is 404. The van der Waals surface area contributed by atoms with Crippen LogP contribution in [0, 0.1) is 6.92 Å². The maximum Gasteiger partial charge on any atom is 0.410 e. The molecule has 0 radical (unpaired) electrons. The van der Waals surface area contributed by atoms with Gasteiger partial charge < -0.3 is 9.64 Å². The van der Waals surface area contributed by atoms with Crippen molar-refractivity contribution in [3.8, 4) is 0 Å². The monoisotopic (exact) mass is 217 g/mol. The summed E-state index contributed by atoms with van der Waals surface area (Å²) in [5.41, 5.74) is 2.21. The lowest BCUT2D eigenvalue weighted by atomic mass is 10.1. The van der Waals surface area contributed by atoms with Crippen LogP contribution in [0.5, 0.6) is 0 Å². The number of nitrogens with zero attached hydrogens (tertiary/aromatic N) is 1. The molecule has 0 aromatic heterocycles. The van der Waals surface area contributed by atoms with Gasteiger partial charge in [-0.05, 0) is 12.5 Å². The fourth-order valence-corrected chi connectivity index (χ4v) is 1.67. The van der Waals surface area contributed by atoms with E-state index in [1.807, 2.05) is 43.3 Å². The standard InChI is InChI=1S/C13H15NO2/c1-11-5-4-6-12(9-11)10-16-13(15)14-7-2-3-8-14/h2-6,9H,7-8,10H2,1H3. The summed E-state index contributed by atoms with van der Waals surface area (Å²) < 4.78 is 5.21. The molecule has 2 rings (SSSR count). The topological polar surface area (TPSA) is 29.5 Å². The van der Waals surface area contributed by atoms with Gasteiger partial charge in [0.1, 0.15) is 6.61 Å². The number of hydrogen-bond donors (Lipinski definition) is 0. The molecule has 0 aliphatic carbocycles. The van der Waals surface area contributed by atoms with Crippen LogP contribution in [-0.4, -0.2) is 24.1 Å². The van der Waals surface area contributed by atoms with E-state index < -0.39 is 0 Å². The number of hydrogen-bond acceptors (Lipinski definition) is 2. The van der Waals surface area contributed by atoms with Gasteiger partial charge in [0.2, 0.25) is 0 Å². The Labute approximate surface area is 95.3 Å². The van der Waals surface area contributed by atoms with E-state index in [0.29, 0.717) is 19.7 Å². The van der Waals surface area contributed by atoms with Crippen LogP contribution in [0.15, 0.2) is 36.4 Å². The molecule has 0 spiro atoms. The van der Waals surface area contributed by atoms with Crippen LogP contribution in [-0.2, 0) is 11.3 Å². The second-order valence-corrected chi connectivity index (χ2v) is 3.92. The van der Waals surface area contributed by atoms with E-state index in [1.165, 1.54) is 5.56 Å². The molecule has 16 heavy (non-hydrogen) atoms. The third kappa shape index (κ3) is 2.63. The number of amides is 1. The number of carbonyl (C=O) groups excluding carboxylic acids is 1. The highest BCUT2D eigenvalue weighted by molar-refractivity contribution is 5.68. The molecule has 3 nitrogen and oxygen atoms in total. The summed E-state index contributed by atoms with van der Waals surface area (Å²) in [6.07, 6.45) is 3.69. The van der Waals surface area contributed by atoms with Crippen LogP contribution in [0.3, 0.4) is 0 Å². The minimum Gasteiger partial charge on any atom is -0.445 e. The highest BCUT2D eigenvalue weighted by atomic mass is 16.6. The van der Waals surface area contributed by atoms with E-state index >= 15 is 0 Å². The second-order valence-electron chi connectivity index (χ2n) is 3.92. The highest BCUT2D eigenvalue weighted by Gasteiger charge is 2.15. The molecule has 84 valence electrons. The quantitative estimate of drug-likeness (QED) is 0.712. The number of carbonyl (C=O) groups is 1. The van der Waals surface area contributed by atoms with Crippen LogP contribution in [0.4, 0.5) is 4.79 Å². The molecule has 0 unspecified atom stereocenters. The summed E-state index contributed by atoms with van der Waals surface area (Å²) in [6, 6.07) is 7.98. The lowest BCUT2D eigenvalue weighted by molar-refractivity contribution is 0.106. The van der Waals surface area contributed by atoms with Gasteiger partial charge in [-0.15, -0.1) is 0 Å². The van der Waals surface area contributed by atoms with Crippen molar-refractivity contribution in [2.24, 2.45) is 0 Å². The highest BCUT2D eigenvalue weighted by Crippen LogP contribution is 2.08. The molecule has 0 fully saturated rings. The molecule has 0 atom stereocenters. The molecule has 1 heterocycles. The fraction of sp³-hybridized carbons (Fsp3) is 0.308. The predicted molar refractivity (Wildman–Crippen MR) is 62.1 cm³/mol. The van der Waals surface area contributed by atoms with Gasteiger partial charge in [0.25, 0.3) is 0 Å². The first kappa shape index (κ1) is 10.7. The largest absolute Gasteiger partial charge is 0.445 e. The Kier molecular flexibility index (Phi) is 3.25. The van der Waals surface area contributed by atoms with Crippen molar-refractivity contribution in [1.82, 2.24) is 4.90 Å². The average molecular weight is 217 g/mol. The molecule has 0 bridgehead atoms. The SMILES string of the molecule is Cc1cccc(COC(=O)N2CC=CC2)c1. The van der Waals surface area contributed by atoms with E-state index in [0.717, 1.165) is 5.56 Å². The van der Waals surface area contributed by atoms with Gasteiger partial charge in [0.15, 0.2) is 0 Å². The second kappa shape index (κ2) is 4.84. The van der Waals surface area contributed by atoms with Gasteiger partial charge in [0, 0.05) is 13.1 Å². The van der Waals surface area contributed by atoms with Crippen LogP contribution in [0.2, 0.25) is 0 Å². The Balaban J connectivity index is 1.85. The summed E-state index contributed by atoms with van der Waals surface area (Å²) in [4.78, 5) is 13.2. The molecule has 1 aliphatic rings. The molecular formula is C13H15NO2. The van der Waals surface area contributed by atoms with Gasteiger partial charge >= 0.3 is 6.09 Å². The smallest absolute Gasteiger partial charge is 0.410 e. The molecule has 1 aliphatic heterocycles. The lowest BCUT2D eigenvalue weighted by Gasteiger charge is -2.15. The Morgan fingerprint density at radius 2 is 2.12 bits per heavy atom. The van der Waals surface area contributed by atoms with Gasteiger partial charge in [0.05, 0.1) is 0 Å². The number of aryl methyl sites for hydroxylation is 1. The number of ether oxygens (including phenoxy) is 1. The summed E-state index contributed by atoms with van der Waals surface area (Å²) >= 11 is 0. The average Bonchev–Trinajstić information content (AvgIpc) is 2.79. The molecular weight excluding hydrogens is 202 g/mol. The van der Waals surface area contributed by atoms with Crippen LogP contribution in [0.25, 0.3) is 0 Å². The van der Waals surface area contributed by atoms with Crippen molar-refractivity contribution < 1.29 is 9.53 Å². The van der Waals surface area contributed by atoms with Crippen molar-refractivity contribution in [1.29, 1.82) is 0 Å². The third-order valence-electron chi connectivity index (χ3n) is 2.52. The third-order valence-corrected chi connectivity index (χ3v) is 2.52. The summed E-state index contributed by atoms with van der Waals surface area (Å²) in [5.74, 6) is 0. The van der Waals surface area contributed by atoms with Crippen molar-refractivity contribution in [2.45, 2.75) is 13.5 Å². The van der Waals surface area contributed by atoms with Gasteiger partial charge in [-0.1, -0.05) is 42.0 Å². The zero-order chi connectivity index (χ0) is 11.4. The van der Waals surface area contributed by atoms with Crippen LogP contribution >= 0.6 is 0 Å². The normalized spacial score (nSPS) is 14.2. The molecule has 0 saturated carbocycles. The zero-order valence-electron chi connectivity index (χ0n) is 9.35. The van der Waals surface area contributed by atoms with E-state index in [-0.39, 0.29) is 6.09 Å². The summed E-state index contributed by atoms with van der Waals surface area (Å²) in [6.45, 7) is 3.69. The molecule has 1 aromatic rings. The maximum absolute atomic E-state index is 11.6. The first-order chi connectivity index (χ1) is 7.75. The van der Waals surface area contributed by atoms with Crippen molar-refractivity contribution >= 4 is 6.09 Å². The minimum atomic E-state index is -0.244. The Hall–Kier alpha value is -1.77. The molecule has 1 aromatic carbocycles. The zero-order valence-corrected chi connectivity index (χ0v) is 9.35. The van der Waals surface area contributed by atoms with E-state index in [1.54, 1.807) is 4.90 Å². The van der Waals surface area contributed by atoms with Crippen LogP contribution in [0.1, 0.15) is 11.1 Å². The molecule has 3 heteroatoms. The van der Waals surface area contributed by atoms with Gasteiger partial charge in [-0.3, -0.25) is 0 Å². The van der Waals surface area contributed by atoms with Crippen LogP contribution < -0.4 is 0 Å². The molecule has 0 N–H and O–H groups in total. The lowest BCUT2D eigenvalue weighted by Crippen LogP contribution is -2.28. The number of rotatable bonds is 2. The first-order valence-electron chi connectivity index (χ1n) is 5.38. The Morgan fingerprint density at radius 1 is 1.38 bits per heavy atom. The van der Waals surface area contributed by atoms with E-state index in [4.69, 9.17) is 4.74 Å². The van der Waals surface area contributed by atoms with Crippen molar-refractivity contribution in [2.75, 3.05) is 13.1 Å². The first-order valence-corrected chi connectivity index (χ1v) is 5.38. The summed E-state index contributed by atoms with van der Waals surface area (Å²) in [5, 5.41) is 0. The fourth-order valence-electron chi connectivity index (χ4n) is 1.67. The molecule has 1 amide bonds. The summed E-state index contributed by atoms with van der Waals surface area (Å²) in [7, 11) is 0. The maximum atomic E-state index is 11.6. The molecule has 0 saturated heterocycles. The van der Waals surface area contributed by atoms with Gasteiger partial charge in [-0.25, -0.2) is 4.79 Å². The minimum absolute atomic E-state index is 0.244. The number of benzene rings is 1. The van der Waals surface area contributed by atoms with Crippen molar-refractivity contribution in [3.05, 3.63) is 47.5 Å². The van der Waals surface area contributed by atoms with Crippen molar-refractivity contribution in [3.63, 3.8) is 0 Å².